The smallest absolute Gasteiger partial charge is 0.266 e. The predicted octanol–water partition coefficient (Wildman–Crippen LogP) is 2.41. The first-order chi connectivity index (χ1) is 9.11. The third-order valence-electron chi connectivity index (χ3n) is 2.58. The van der Waals surface area contributed by atoms with Crippen LogP contribution in [0, 0.1) is 5.82 Å². The molecule has 0 aromatic heterocycles. The number of benzene rings is 1. The van der Waals surface area contributed by atoms with E-state index in [0.29, 0.717) is 22.2 Å². The summed E-state index contributed by atoms with van der Waals surface area (Å²) in [4.78, 5) is 14.1. The summed E-state index contributed by atoms with van der Waals surface area (Å²) in [6.45, 7) is 0.440. The normalized spacial score (nSPS) is 17.6. The van der Waals surface area contributed by atoms with E-state index in [0.717, 1.165) is 5.56 Å². The van der Waals surface area contributed by atoms with E-state index in [4.69, 9.17) is 17.3 Å². The van der Waals surface area contributed by atoms with Gasteiger partial charge in [0.1, 0.15) is 10.1 Å². The molecule has 2 rings (SSSR count). The number of aliphatic hydroxyl groups excluding tert-OH is 1. The Labute approximate surface area is 120 Å². The highest BCUT2D eigenvalue weighted by Crippen LogP contribution is 2.32. The maximum Gasteiger partial charge on any atom is 0.266 e. The molecule has 0 radical (unpaired) electrons. The highest BCUT2D eigenvalue weighted by Gasteiger charge is 2.31. The van der Waals surface area contributed by atoms with Gasteiger partial charge in [-0.15, -0.1) is 0 Å². The Hall–Kier alpha value is -1.24. The lowest BCUT2D eigenvalue weighted by molar-refractivity contribution is -0.122. The zero-order valence-electron chi connectivity index (χ0n) is 10.0. The number of hydrogen-bond acceptors (Lipinski definition) is 4. The Morgan fingerprint density at radius 3 is 2.68 bits per heavy atom. The maximum absolute atomic E-state index is 12.8. The molecule has 0 unspecified atom stereocenters. The van der Waals surface area contributed by atoms with Crippen molar-refractivity contribution in [2.75, 3.05) is 13.2 Å². The summed E-state index contributed by atoms with van der Waals surface area (Å²) < 4.78 is 13.3. The molecule has 0 spiro atoms. The summed E-state index contributed by atoms with van der Waals surface area (Å²) >= 11 is 6.36. The number of thiocarbonyl (C=S) groups is 1. The molecule has 0 aliphatic carbocycles. The zero-order valence-corrected chi connectivity index (χ0v) is 11.6. The second-order valence-electron chi connectivity index (χ2n) is 3.96. The summed E-state index contributed by atoms with van der Waals surface area (Å²) in [5.41, 5.74) is 0.754. The number of aliphatic hydroxyl groups is 1. The molecule has 1 aromatic rings. The summed E-state index contributed by atoms with van der Waals surface area (Å²) in [6, 6.07) is 5.90. The van der Waals surface area contributed by atoms with Crippen LogP contribution < -0.4 is 0 Å². The number of carbonyl (C=O) groups excluding carboxylic acids is 1. The van der Waals surface area contributed by atoms with E-state index in [1.54, 1.807) is 18.2 Å². The first kappa shape index (κ1) is 14.2. The van der Waals surface area contributed by atoms with Gasteiger partial charge in [0.2, 0.25) is 0 Å². The van der Waals surface area contributed by atoms with Crippen molar-refractivity contribution in [3.05, 3.63) is 40.6 Å². The molecule has 1 aromatic carbocycles. The van der Waals surface area contributed by atoms with Crippen molar-refractivity contribution in [2.45, 2.75) is 6.42 Å². The van der Waals surface area contributed by atoms with Crippen LogP contribution in [0.15, 0.2) is 29.2 Å². The topological polar surface area (TPSA) is 40.5 Å². The first-order valence-corrected chi connectivity index (χ1v) is 6.96. The van der Waals surface area contributed by atoms with E-state index in [2.05, 4.69) is 0 Å². The van der Waals surface area contributed by atoms with E-state index in [-0.39, 0.29) is 18.3 Å². The summed E-state index contributed by atoms with van der Waals surface area (Å²) in [7, 11) is 0. The second-order valence-corrected chi connectivity index (χ2v) is 5.64. The van der Waals surface area contributed by atoms with Gasteiger partial charge in [-0.1, -0.05) is 36.1 Å². The van der Waals surface area contributed by atoms with E-state index >= 15 is 0 Å². The number of halogens is 1. The van der Waals surface area contributed by atoms with E-state index in [9.17, 15) is 9.18 Å². The maximum atomic E-state index is 12.8. The Morgan fingerprint density at radius 1 is 1.37 bits per heavy atom. The van der Waals surface area contributed by atoms with Crippen LogP contribution in [0.1, 0.15) is 12.0 Å². The molecule has 1 aliphatic heterocycles. The molecule has 3 nitrogen and oxygen atoms in total. The van der Waals surface area contributed by atoms with Crippen molar-refractivity contribution >= 4 is 40.3 Å². The van der Waals surface area contributed by atoms with Crippen LogP contribution in [0.2, 0.25) is 0 Å². The minimum Gasteiger partial charge on any atom is -0.396 e. The van der Waals surface area contributed by atoms with Gasteiger partial charge in [-0.2, -0.15) is 0 Å². The summed E-state index contributed by atoms with van der Waals surface area (Å²) in [6.07, 6.45) is 2.19. The Balaban J connectivity index is 2.16. The van der Waals surface area contributed by atoms with Crippen LogP contribution in [-0.4, -0.2) is 33.4 Å². The van der Waals surface area contributed by atoms with E-state index in [1.165, 1.54) is 28.8 Å². The van der Waals surface area contributed by atoms with Crippen LogP contribution in [-0.2, 0) is 4.79 Å². The molecule has 0 atom stereocenters. The average Bonchev–Trinajstić information content (AvgIpc) is 2.65. The van der Waals surface area contributed by atoms with Crippen molar-refractivity contribution in [3.63, 3.8) is 0 Å². The Morgan fingerprint density at radius 2 is 2.05 bits per heavy atom. The van der Waals surface area contributed by atoms with Gasteiger partial charge >= 0.3 is 0 Å². The quantitative estimate of drug-likeness (QED) is 0.684. The van der Waals surface area contributed by atoms with Gasteiger partial charge in [0, 0.05) is 13.2 Å². The molecule has 0 bridgehead atoms. The van der Waals surface area contributed by atoms with Crippen LogP contribution in [0.25, 0.3) is 6.08 Å². The second kappa shape index (κ2) is 6.27. The molecule has 1 fully saturated rings. The fraction of sp³-hybridized carbons (Fsp3) is 0.231. The molecule has 1 amide bonds. The molecule has 1 heterocycles. The van der Waals surface area contributed by atoms with Gasteiger partial charge < -0.3 is 5.11 Å². The molecule has 1 aliphatic rings. The van der Waals surface area contributed by atoms with Crippen molar-refractivity contribution in [1.82, 2.24) is 4.90 Å². The first-order valence-electron chi connectivity index (χ1n) is 5.73. The monoisotopic (exact) mass is 297 g/mol. The van der Waals surface area contributed by atoms with Gasteiger partial charge in [-0.3, -0.25) is 9.69 Å². The predicted molar refractivity (Wildman–Crippen MR) is 78.0 cm³/mol. The fourth-order valence-electron chi connectivity index (χ4n) is 1.63. The minimum atomic E-state index is -0.312. The number of thioether (sulfide) groups is 1. The lowest BCUT2D eigenvalue weighted by Crippen LogP contribution is -2.29. The van der Waals surface area contributed by atoms with Crippen LogP contribution >= 0.6 is 24.0 Å². The third kappa shape index (κ3) is 3.40. The number of carbonyl (C=O) groups is 1. The fourth-order valence-corrected chi connectivity index (χ4v) is 2.94. The van der Waals surface area contributed by atoms with Gasteiger partial charge in [-0.05, 0) is 30.2 Å². The average molecular weight is 297 g/mol. The van der Waals surface area contributed by atoms with Crippen LogP contribution in [0.3, 0.4) is 0 Å². The SMILES string of the molecule is O=C1/C(=C/c2ccc(F)cc2)SC(=S)N1CCCO. The van der Waals surface area contributed by atoms with Crippen molar-refractivity contribution in [1.29, 1.82) is 0 Å². The van der Waals surface area contributed by atoms with E-state index in [1.807, 2.05) is 0 Å². The summed E-state index contributed by atoms with van der Waals surface area (Å²) in [5, 5.41) is 8.79. The molecular weight excluding hydrogens is 285 g/mol. The third-order valence-corrected chi connectivity index (χ3v) is 3.96. The van der Waals surface area contributed by atoms with Crippen molar-refractivity contribution in [2.24, 2.45) is 0 Å². The van der Waals surface area contributed by atoms with Gasteiger partial charge in [0.25, 0.3) is 5.91 Å². The molecule has 0 saturated carbocycles. The molecule has 1 saturated heterocycles. The number of hydrogen-bond donors (Lipinski definition) is 1. The van der Waals surface area contributed by atoms with Crippen LogP contribution in [0.4, 0.5) is 4.39 Å². The minimum absolute atomic E-state index is 0.0219. The van der Waals surface area contributed by atoms with Gasteiger partial charge in [0.05, 0.1) is 4.91 Å². The number of amides is 1. The Kier molecular flexibility index (Phi) is 4.68. The van der Waals surface area contributed by atoms with Gasteiger partial charge in [0.15, 0.2) is 0 Å². The molecule has 19 heavy (non-hydrogen) atoms. The standard InChI is InChI=1S/C13H12FNO2S2/c14-10-4-2-9(3-5-10)8-11-12(17)15(6-1-7-16)13(18)19-11/h2-5,8,16H,1,6-7H2/b11-8-. The lowest BCUT2D eigenvalue weighted by atomic mass is 10.2. The zero-order chi connectivity index (χ0) is 13.8. The van der Waals surface area contributed by atoms with E-state index < -0.39 is 0 Å². The Bertz CT molecular complexity index is 528. The number of rotatable bonds is 4. The number of nitrogens with zero attached hydrogens (tertiary/aromatic N) is 1. The highest BCUT2D eigenvalue weighted by atomic mass is 32.2. The lowest BCUT2D eigenvalue weighted by Gasteiger charge is -2.12. The molecule has 100 valence electrons. The summed E-state index contributed by atoms with van der Waals surface area (Å²) in [5.74, 6) is -0.472. The molecule has 6 heteroatoms. The van der Waals surface area contributed by atoms with Crippen LogP contribution in [0.5, 0.6) is 0 Å². The largest absolute Gasteiger partial charge is 0.396 e. The van der Waals surface area contributed by atoms with Crippen molar-refractivity contribution < 1.29 is 14.3 Å². The molecule has 1 N–H and O–H groups in total. The van der Waals surface area contributed by atoms with Gasteiger partial charge in [-0.25, -0.2) is 4.39 Å². The van der Waals surface area contributed by atoms with Crippen molar-refractivity contribution in [3.8, 4) is 0 Å². The molecular formula is C13H12FNO2S2. The highest BCUT2D eigenvalue weighted by molar-refractivity contribution is 8.26.